The molecule has 88 valence electrons. The Labute approximate surface area is 101 Å². The van der Waals surface area contributed by atoms with Crippen molar-refractivity contribution in [1.82, 2.24) is 9.78 Å². The van der Waals surface area contributed by atoms with E-state index in [0.717, 1.165) is 11.1 Å². The van der Waals surface area contributed by atoms with Gasteiger partial charge in [-0.3, -0.25) is 9.48 Å². The molecule has 0 amide bonds. The largest absolute Gasteiger partial charge is 0.292 e. The fraction of sp³-hybridized carbons (Fsp3) is 0.286. The van der Waals surface area contributed by atoms with Crippen LogP contribution in [0.15, 0.2) is 36.5 Å². The summed E-state index contributed by atoms with van der Waals surface area (Å²) in [6, 6.07) is 9.73. The number of rotatable bonds is 3. The van der Waals surface area contributed by atoms with Crippen molar-refractivity contribution in [2.24, 2.45) is 7.05 Å². The minimum absolute atomic E-state index is 0.0694. The van der Waals surface area contributed by atoms with E-state index in [4.69, 9.17) is 0 Å². The van der Waals surface area contributed by atoms with Gasteiger partial charge in [0.25, 0.3) is 0 Å². The quantitative estimate of drug-likeness (QED) is 0.757. The average molecular weight is 228 g/mol. The van der Waals surface area contributed by atoms with Gasteiger partial charge in [0, 0.05) is 19.2 Å². The molecule has 0 aliphatic heterocycles. The van der Waals surface area contributed by atoms with Gasteiger partial charge in [0.2, 0.25) is 0 Å². The molecule has 2 rings (SSSR count). The molecular formula is C14H16N2O. The SMILES string of the molecule is Cc1ccccc1C(C)C(=O)c1ccn(C)n1. The van der Waals surface area contributed by atoms with Gasteiger partial charge in [-0.15, -0.1) is 0 Å². The second-order valence-corrected chi connectivity index (χ2v) is 4.32. The van der Waals surface area contributed by atoms with Crippen LogP contribution in [0.4, 0.5) is 0 Å². The summed E-state index contributed by atoms with van der Waals surface area (Å²) >= 11 is 0. The van der Waals surface area contributed by atoms with Crippen molar-refractivity contribution in [1.29, 1.82) is 0 Å². The summed E-state index contributed by atoms with van der Waals surface area (Å²) in [7, 11) is 1.81. The van der Waals surface area contributed by atoms with E-state index in [1.807, 2.05) is 45.2 Å². The molecule has 1 unspecified atom stereocenters. The zero-order valence-electron chi connectivity index (χ0n) is 10.3. The molecule has 2 aromatic rings. The Morgan fingerprint density at radius 3 is 2.59 bits per heavy atom. The van der Waals surface area contributed by atoms with Crippen LogP contribution in [-0.4, -0.2) is 15.6 Å². The minimum atomic E-state index is -0.147. The van der Waals surface area contributed by atoms with Gasteiger partial charge in [0.15, 0.2) is 5.78 Å². The number of carbonyl (C=O) groups excluding carboxylic acids is 1. The van der Waals surface area contributed by atoms with E-state index in [1.165, 1.54) is 0 Å². The second kappa shape index (κ2) is 4.53. The minimum Gasteiger partial charge on any atom is -0.292 e. The van der Waals surface area contributed by atoms with Gasteiger partial charge in [-0.05, 0) is 24.1 Å². The normalized spacial score (nSPS) is 12.4. The van der Waals surface area contributed by atoms with Gasteiger partial charge in [0.05, 0.1) is 0 Å². The summed E-state index contributed by atoms with van der Waals surface area (Å²) in [5.41, 5.74) is 2.75. The van der Waals surface area contributed by atoms with Crippen molar-refractivity contribution in [3.05, 3.63) is 53.3 Å². The van der Waals surface area contributed by atoms with Crippen LogP contribution in [0.2, 0.25) is 0 Å². The van der Waals surface area contributed by atoms with Crippen molar-refractivity contribution >= 4 is 5.78 Å². The molecule has 0 radical (unpaired) electrons. The first-order valence-electron chi connectivity index (χ1n) is 5.69. The van der Waals surface area contributed by atoms with Crippen LogP contribution >= 0.6 is 0 Å². The molecule has 0 fully saturated rings. The molecule has 1 atom stereocenters. The highest BCUT2D eigenvalue weighted by atomic mass is 16.1. The molecule has 3 heteroatoms. The Bertz CT molecular complexity index is 543. The zero-order valence-corrected chi connectivity index (χ0v) is 10.3. The first-order chi connectivity index (χ1) is 8.09. The van der Waals surface area contributed by atoms with Crippen LogP contribution < -0.4 is 0 Å². The number of hydrogen-bond acceptors (Lipinski definition) is 2. The lowest BCUT2D eigenvalue weighted by Gasteiger charge is -2.11. The zero-order chi connectivity index (χ0) is 12.4. The fourth-order valence-corrected chi connectivity index (χ4v) is 1.98. The van der Waals surface area contributed by atoms with Gasteiger partial charge in [-0.2, -0.15) is 5.10 Å². The van der Waals surface area contributed by atoms with E-state index < -0.39 is 0 Å². The van der Waals surface area contributed by atoms with Gasteiger partial charge >= 0.3 is 0 Å². The van der Waals surface area contributed by atoms with Crippen molar-refractivity contribution in [3.63, 3.8) is 0 Å². The maximum atomic E-state index is 12.2. The summed E-state index contributed by atoms with van der Waals surface area (Å²) in [5.74, 6) is -0.0778. The van der Waals surface area contributed by atoms with Crippen molar-refractivity contribution in [3.8, 4) is 0 Å². The lowest BCUT2D eigenvalue weighted by atomic mass is 9.92. The molecule has 0 saturated heterocycles. The van der Waals surface area contributed by atoms with Crippen LogP contribution in [0, 0.1) is 6.92 Å². The van der Waals surface area contributed by atoms with E-state index in [2.05, 4.69) is 5.10 Å². The molecule has 17 heavy (non-hydrogen) atoms. The second-order valence-electron chi connectivity index (χ2n) is 4.32. The number of aromatic nitrogens is 2. The van der Waals surface area contributed by atoms with Crippen molar-refractivity contribution in [2.75, 3.05) is 0 Å². The highest BCUT2D eigenvalue weighted by molar-refractivity contribution is 5.99. The molecule has 1 heterocycles. The first-order valence-corrected chi connectivity index (χ1v) is 5.69. The number of Topliss-reactive ketones (excluding diaryl/α,β-unsaturated/α-hetero) is 1. The van der Waals surface area contributed by atoms with Crippen molar-refractivity contribution < 1.29 is 4.79 Å². The van der Waals surface area contributed by atoms with Crippen LogP contribution in [0.3, 0.4) is 0 Å². The molecule has 0 saturated carbocycles. The monoisotopic (exact) mass is 228 g/mol. The highest BCUT2D eigenvalue weighted by Crippen LogP contribution is 2.22. The lowest BCUT2D eigenvalue weighted by molar-refractivity contribution is 0.0960. The Balaban J connectivity index is 2.29. The standard InChI is InChI=1S/C14H16N2O/c1-10-6-4-5-7-12(10)11(2)14(17)13-8-9-16(3)15-13/h4-9,11H,1-3H3. The molecule has 0 bridgehead atoms. The molecule has 0 aliphatic carbocycles. The van der Waals surface area contributed by atoms with Crippen LogP contribution in [-0.2, 0) is 7.05 Å². The maximum absolute atomic E-state index is 12.2. The summed E-state index contributed by atoms with van der Waals surface area (Å²) in [5, 5.41) is 4.15. The van der Waals surface area contributed by atoms with Crippen molar-refractivity contribution in [2.45, 2.75) is 19.8 Å². The van der Waals surface area contributed by atoms with E-state index in [0.29, 0.717) is 5.69 Å². The Kier molecular flexibility index (Phi) is 3.09. The number of nitrogens with zero attached hydrogens (tertiary/aromatic N) is 2. The Hall–Kier alpha value is -1.90. The summed E-state index contributed by atoms with van der Waals surface area (Å²) in [6.07, 6.45) is 1.79. The fourth-order valence-electron chi connectivity index (χ4n) is 1.98. The number of carbonyl (C=O) groups is 1. The van der Waals surface area contributed by atoms with Crippen LogP contribution in [0.5, 0.6) is 0 Å². The highest BCUT2D eigenvalue weighted by Gasteiger charge is 2.20. The third-order valence-corrected chi connectivity index (χ3v) is 3.01. The van der Waals surface area contributed by atoms with Gasteiger partial charge in [0.1, 0.15) is 5.69 Å². The average Bonchev–Trinajstić information content (AvgIpc) is 2.75. The van der Waals surface area contributed by atoms with Gasteiger partial charge in [-0.1, -0.05) is 31.2 Å². The summed E-state index contributed by atoms with van der Waals surface area (Å²) in [4.78, 5) is 12.2. The summed E-state index contributed by atoms with van der Waals surface area (Å²) < 4.78 is 1.65. The Morgan fingerprint density at radius 1 is 1.29 bits per heavy atom. The predicted molar refractivity (Wildman–Crippen MR) is 67.1 cm³/mol. The number of ketones is 1. The Morgan fingerprint density at radius 2 is 2.00 bits per heavy atom. The van der Waals surface area contributed by atoms with Crippen LogP contribution in [0.25, 0.3) is 0 Å². The third kappa shape index (κ3) is 2.28. The lowest BCUT2D eigenvalue weighted by Crippen LogP contribution is -2.12. The molecule has 1 aromatic carbocycles. The molecule has 1 aromatic heterocycles. The number of hydrogen-bond donors (Lipinski definition) is 0. The first kappa shape index (κ1) is 11.6. The number of benzene rings is 1. The van der Waals surface area contributed by atoms with E-state index in [-0.39, 0.29) is 11.7 Å². The van der Waals surface area contributed by atoms with E-state index in [9.17, 15) is 4.79 Å². The van der Waals surface area contributed by atoms with Gasteiger partial charge < -0.3 is 0 Å². The number of aryl methyl sites for hydroxylation is 2. The molecular weight excluding hydrogens is 212 g/mol. The summed E-state index contributed by atoms with van der Waals surface area (Å²) in [6.45, 7) is 3.96. The third-order valence-electron chi connectivity index (χ3n) is 3.01. The molecule has 0 N–H and O–H groups in total. The smallest absolute Gasteiger partial charge is 0.190 e. The van der Waals surface area contributed by atoms with E-state index in [1.54, 1.807) is 16.9 Å². The molecule has 3 nitrogen and oxygen atoms in total. The maximum Gasteiger partial charge on any atom is 0.190 e. The topological polar surface area (TPSA) is 34.9 Å². The molecule has 0 aliphatic rings. The van der Waals surface area contributed by atoms with Gasteiger partial charge in [-0.25, -0.2) is 0 Å². The molecule has 0 spiro atoms. The van der Waals surface area contributed by atoms with Crippen LogP contribution in [0.1, 0.15) is 34.5 Å². The van der Waals surface area contributed by atoms with E-state index >= 15 is 0 Å². The predicted octanol–water partition coefficient (Wildman–Crippen LogP) is 2.71.